The number of amides is 1. The fourth-order valence-electron chi connectivity index (χ4n) is 2.07. The van der Waals surface area contributed by atoms with Crippen LogP contribution in [-0.4, -0.2) is 12.5 Å². The van der Waals surface area contributed by atoms with Gasteiger partial charge in [-0.3, -0.25) is 4.79 Å². The zero-order valence-corrected chi connectivity index (χ0v) is 13.0. The maximum Gasteiger partial charge on any atom is 0.279 e. The molecule has 0 aromatic heterocycles. The molecule has 2 aromatic carbocycles. The van der Waals surface area contributed by atoms with Crippen LogP contribution in [0.4, 0.5) is 18.9 Å². The summed E-state index contributed by atoms with van der Waals surface area (Å²) in [5.41, 5.74) is 0.310. The van der Waals surface area contributed by atoms with Gasteiger partial charge in [-0.1, -0.05) is 11.6 Å². The van der Waals surface area contributed by atoms with Gasteiger partial charge in [0.2, 0.25) is 0 Å². The molecule has 0 spiro atoms. The fourth-order valence-corrected chi connectivity index (χ4v) is 2.23. The van der Waals surface area contributed by atoms with E-state index in [1.807, 2.05) is 0 Å². The molecular weight excluding hydrogens is 329 g/mol. The van der Waals surface area contributed by atoms with Crippen LogP contribution in [0.1, 0.15) is 18.5 Å². The van der Waals surface area contributed by atoms with Crippen LogP contribution in [0.5, 0.6) is 0 Å². The van der Waals surface area contributed by atoms with Crippen LogP contribution < -0.4 is 10.6 Å². The zero-order chi connectivity index (χ0) is 17.0. The Morgan fingerprint density at radius 3 is 2.57 bits per heavy atom. The van der Waals surface area contributed by atoms with E-state index in [1.54, 1.807) is 12.2 Å². The van der Waals surface area contributed by atoms with Crippen LogP contribution in [0, 0.1) is 17.5 Å². The Labute approximate surface area is 136 Å². The number of anilines is 1. The Balaban J connectivity index is 1.93. The Kier molecular flexibility index (Phi) is 5.63. The average molecular weight is 344 g/mol. The van der Waals surface area contributed by atoms with Crippen LogP contribution in [0.2, 0.25) is 5.02 Å². The summed E-state index contributed by atoms with van der Waals surface area (Å²) in [6.07, 6.45) is 0. The molecule has 3 N–H and O–H groups in total. The Hall–Kier alpha value is -2.05. The third-order valence-corrected chi connectivity index (χ3v) is 3.55. The van der Waals surface area contributed by atoms with E-state index in [4.69, 9.17) is 11.6 Å². The summed E-state index contributed by atoms with van der Waals surface area (Å²) in [5.74, 6) is -2.41. The van der Waals surface area contributed by atoms with Gasteiger partial charge in [0, 0.05) is 16.7 Å². The standard InChI is InChI=1S/C16H14ClF3N2O/c1-9(12-4-3-11(18)7-13(12)19)21-8-16(23)22-15-5-2-10(17)6-14(15)20/h2-7,9,21H,8H2,1H3,(H,22,23)/p+1/t9-/m0/s1. The summed E-state index contributed by atoms with van der Waals surface area (Å²) < 4.78 is 40.1. The average Bonchev–Trinajstić information content (AvgIpc) is 2.48. The van der Waals surface area contributed by atoms with E-state index in [1.165, 1.54) is 18.2 Å². The van der Waals surface area contributed by atoms with Crippen LogP contribution in [0.3, 0.4) is 0 Å². The largest absolute Gasteiger partial charge is 0.332 e. The predicted molar refractivity (Wildman–Crippen MR) is 81.6 cm³/mol. The summed E-state index contributed by atoms with van der Waals surface area (Å²) in [4.78, 5) is 11.8. The van der Waals surface area contributed by atoms with Gasteiger partial charge in [0.15, 0.2) is 6.54 Å². The SMILES string of the molecule is C[C@H]([NH2+]CC(=O)Nc1ccc(Cl)cc1F)c1ccc(F)cc1F. The van der Waals surface area contributed by atoms with Crippen LogP contribution >= 0.6 is 11.6 Å². The van der Waals surface area contributed by atoms with Crippen molar-refractivity contribution in [2.75, 3.05) is 11.9 Å². The van der Waals surface area contributed by atoms with Crippen molar-refractivity contribution >= 4 is 23.2 Å². The molecule has 0 aliphatic rings. The smallest absolute Gasteiger partial charge is 0.279 e. The maximum atomic E-state index is 13.6. The molecule has 122 valence electrons. The lowest BCUT2D eigenvalue weighted by Gasteiger charge is -2.12. The minimum atomic E-state index is -0.669. The molecule has 2 rings (SSSR count). The first-order valence-corrected chi connectivity index (χ1v) is 7.28. The number of quaternary nitrogens is 1. The highest BCUT2D eigenvalue weighted by Crippen LogP contribution is 2.18. The molecule has 1 atom stereocenters. The number of carbonyl (C=O) groups excluding carboxylic acids is 1. The van der Waals surface area contributed by atoms with Crippen molar-refractivity contribution in [3.8, 4) is 0 Å². The summed E-state index contributed by atoms with van der Waals surface area (Å²) in [5, 5.41) is 4.21. The van der Waals surface area contributed by atoms with Crippen LogP contribution in [-0.2, 0) is 4.79 Å². The Bertz CT molecular complexity index is 724. The molecule has 0 aliphatic heterocycles. The van der Waals surface area contributed by atoms with Gasteiger partial charge in [0.05, 0.1) is 5.69 Å². The van der Waals surface area contributed by atoms with Crippen molar-refractivity contribution in [1.29, 1.82) is 0 Å². The van der Waals surface area contributed by atoms with E-state index in [0.29, 0.717) is 0 Å². The molecule has 7 heteroatoms. The van der Waals surface area contributed by atoms with Gasteiger partial charge in [-0.2, -0.15) is 0 Å². The maximum absolute atomic E-state index is 13.6. The first-order valence-electron chi connectivity index (χ1n) is 6.90. The monoisotopic (exact) mass is 343 g/mol. The molecule has 0 radical (unpaired) electrons. The summed E-state index contributed by atoms with van der Waals surface area (Å²) in [6, 6.07) is 6.81. The van der Waals surface area contributed by atoms with Crippen molar-refractivity contribution < 1.29 is 23.3 Å². The van der Waals surface area contributed by atoms with Crippen LogP contribution in [0.25, 0.3) is 0 Å². The molecule has 0 aliphatic carbocycles. The number of hydrogen-bond donors (Lipinski definition) is 2. The Morgan fingerprint density at radius 2 is 1.91 bits per heavy atom. The second kappa shape index (κ2) is 7.48. The summed E-state index contributed by atoms with van der Waals surface area (Å²) in [7, 11) is 0. The number of halogens is 4. The third kappa shape index (κ3) is 4.71. The lowest BCUT2D eigenvalue weighted by Crippen LogP contribution is -2.86. The molecule has 0 saturated carbocycles. The number of nitrogens with one attached hydrogen (secondary N) is 1. The first-order chi connectivity index (χ1) is 10.9. The summed E-state index contributed by atoms with van der Waals surface area (Å²) in [6.45, 7) is 1.65. The molecule has 1 amide bonds. The minimum Gasteiger partial charge on any atom is -0.332 e. The van der Waals surface area contributed by atoms with E-state index >= 15 is 0 Å². The molecule has 0 heterocycles. The zero-order valence-electron chi connectivity index (χ0n) is 12.2. The van der Waals surface area contributed by atoms with Gasteiger partial charge in [-0.25, -0.2) is 13.2 Å². The van der Waals surface area contributed by atoms with Gasteiger partial charge in [-0.15, -0.1) is 0 Å². The van der Waals surface area contributed by atoms with E-state index in [2.05, 4.69) is 5.32 Å². The predicted octanol–water partition coefficient (Wildman–Crippen LogP) is 3.02. The molecule has 0 bridgehead atoms. The second-order valence-corrected chi connectivity index (χ2v) is 5.50. The first kappa shape index (κ1) is 17.3. The van der Waals surface area contributed by atoms with E-state index in [-0.39, 0.29) is 22.8 Å². The van der Waals surface area contributed by atoms with Gasteiger partial charge in [-0.05, 0) is 37.3 Å². The normalized spacial score (nSPS) is 12.0. The van der Waals surface area contributed by atoms with Crippen molar-refractivity contribution in [2.45, 2.75) is 13.0 Å². The van der Waals surface area contributed by atoms with Gasteiger partial charge in [0.1, 0.15) is 23.5 Å². The summed E-state index contributed by atoms with van der Waals surface area (Å²) >= 11 is 5.63. The Morgan fingerprint density at radius 1 is 1.17 bits per heavy atom. The molecule has 0 saturated heterocycles. The molecule has 0 unspecified atom stereocenters. The van der Waals surface area contributed by atoms with Gasteiger partial charge in [0.25, 0.3) is 5.91 Å². The van der Waals surface area contributed by atoms with Gasteiger partial charge >= 0.3 is 0 Å². The van der Waals surface area contributed by atoms with Crippen LogP contribution in [0.15, 0.2) is 36.4 Å². The topological polar surface area (TPSA) is 45.7 Å². The van der Waals surface area contributed by atoms with Gasteiger partial charge < -0.3 is 10.6 Å². The van der Waals surface area contributed by atoms with E-state index < -0.39 is 29.4 Å². The third-order valence-electron chi connectivity index (χ3n) is 3.32. The number of nitrogens with two attached hydrogens (primary N) is 1. The molecule has 2 aromatic rings. The lowest BCUT2D eigenvalue weighted by molar-refractivity contribution is -0.682. The quantitative estimate of drug-likeness (QED) is 0.861. The number of rotatable bonds is 5. The number of carbonyl (C=O) groups is 1. The van der Waals surface area contributed by atoms with Crippen molar-refractivity contribution in [3.05, 3.63) is 64.4 Å². The fraction of sp³-hybridized carbons (Fsp3) is 0.188. The second-order valence-electron chi connectivity index (χ2n) is 5.07. The van der Waals surface area contributed by atoms with Crippen molar-refractivity contribution in [2.24, 2.45) is 0 Å². The highest BCUT2D eigenvalue weighted by molar-refractivity contribution is 6.30. The number of benzene rings is 2. The van der Waals surface area contributed by atoms with Crippen molar-refractivity contribution in [3.63, 3.8) is 0 Å². The molecular formula is C16H15ClF3N2O+. The van der Waals surface area contributed by atoms with Crippen molar-refractivity contribution in [1.82, 2.24) is 0 Å². The molecule has 3 nitrogen and oxygen atoms in total. The molecule has 0 fully saturated rings. The van der Waals surface area contributed by atoms with E-state index in [0.717, 1.165) is 18.2 Å². The lowest BCUT2D eigenvalue weighted by atomic mass is 10.1. The minimum absolute atomic E-state index is 0.0217. The highest BCUT2D eigenvalue weighted by atomic mass is 35.5. The molecule has 23 heavy (non-hydrogen) atoms. The number of hydrogen-bond acceptors (Lipinski definition) is 1. The van der Waals surface area contributed by atoms with E-state index in [9.17, 15) is 18.0 Å². The highest BCUT2D eigenvalue weighted by Gasteiger charge is 2.16.